The fourth-order valence-corrected chi connectivity index (χ4v) is 6.74. The van der Waals surface area contributed by atoms with Crippen LogP contribution in [0.25, 0.3) is 10.9 Å². The van der Waals surface area contributed by atoms with Crippen molar-refractivity contribution in [2.45, 2.75) is 39.7 Å². The van der Waals surface area contributed by atoms with Crippen LogP contribution in [-0.4, -0.2) is 47.0 Å². The van der Waals surface area contributed by atoms with Crippen LogP contribution in [0.1, 0.15) is 49.8 Å². The molecule has 3 aromatic carbocycles. The Labute approximate surface area is 230 Å². The van der Waals surface area contributed by atoms with Crippen LogP contribution in [-0.2, 0) is 20.2 Å². The molecule has 0 saturated carbocycles. The van der Waals surface area contributed by atoms with E-state index in [1.807, 2.05) is 42.5 Å². The summed E-state index contributed by atoms with van der Waals surface area (Å²) in [5.74, 6) is -0.00544. The summed E-state index contributed by atoms with van der Waals surface area (Å²) in [4.78, 5) is 10.6. The monoisotopic (exact) mass is 545 g/mol. The number of likely N-dealkylation sites (tertiary alicyclic amines) is 1. The van der Waals surface area contributed by atoms with E-state index in [9.17, 15) is 9.67 Å². The maximum atomic E-state index is 13.5. The summed E-state index contributed by atoms with van der Waals surface area (Å²) in [6, 6.07) is 23.4. The molecule has 5 rings (SSSR count). The van der Waals surface area contributed by atoms with Crippen LogP contribution in [0.5, 0.6) is 5.88 Å². The lowest BCUT2D eigenvalue weighted by molar-refractivity contribution is 0.221. The lowest BCUT2D eigenvalue weighted by Crippen LogP contribution is -2.28. The topological polar surface area (TPSA) is 87.1 Å². The van der Waals surface area contributed by atoms with Crippen LogP contribution in [0.2, 0.25) is 0 Å². The van der Waals surface area contributed by atoms with E-state index in [4.69, 9.17) is 14.0 Å². The molecule has 204 valence electrons. The first kappa shape index (κ1) is 27.4. The van der Waals surface area contributed by atoms with E-state index >= 15 is 0 Å². The zero-order chi connectivity index (χ0) is 27.2. The van der Waals surface area contributed by atoms with Crippen LogP contribution in [0.4, 0.5) is 5.69 Å². The van der Waals surface area contributed by atoms with E-state index in [-0.39, 0.29) is 19.1 Å². The Balaban J connectivity index is 1.57. The Morgan fingerprint density at radius 3 is 2.31 bits per heavy atom. The minimum atomic E-state index is -3.52. The summed E-state index contributed by atoms with van der Waals surface area (Å²) >= 11 is 0. The molecule has 0 aliphatic carbocycles. The fraction of sp³-hybridized carbons (Fsp3) is 0.323. The molecule has 0 spiro atoms. The first-order valence-electron chi connectivity index (χ1n) is 13.7. The first-order chi connectivity index (χ1) is 19.0. The van der Waals surface area contributed by atoms with Gasteiger partial charge in [0.15, 0.2) is 5.88 Å². The average molecular weight is 546 g/mol. The Morgan fingerprint density at radius 1 is 0.949 bits per heavy atom. The van der Waals surface area contributed by atoms with Gasteiger partial charge >= 0.3 is 7.60 Å². The van der Waals surface area contributed by atoms with Gasteiger partial charge in [0, 0.05) is 23.0 Å². The molecule has 7 nitrogen and oxygen atoms in total. The molecule has 0 bridgehead atoms. The van der Waals surface area contributed by atoms with E-state index in [0.717, 1.165) is 30.9 Å². The van der Waals surface area contributed by atoms with Crippen molar-refractivity contribution in [1.29, 1.82) is 0 Å². The molecule has 1 fully saturated rings. The maximum Gasteiger partial charge on any atom is 0.361 e. The Bertz CT molecular complexity index is 1470. The quantitative estimate of drug-likeness (QED) is 0.167. The van der Waals surface area contributed by atoms with Crippen molar-refractivity contribution in [3.05, 3.63) is 89.5 Å². The third-order valence-electron chi connectivity index (χ3n) is 6.99. The normalized spacial score (nSPS) is 15.2. The standard InChI is InChI=1S/C31H36N3O4P/c1-3-37-39(36,38-4-2)26-17-18-28-27(21-26)29(31(35)33-28)30(24-11-7-5-8-12-24)32-25-15-13-23(14-16-25)22-34-19-9-6-10-20-34/h5,7-8,11-18,21,33,35H,3-4,6,9-10,19-20,22H2,1-2H3. The number of hydrogen-bond donors (Lipinski definition) is 2. The number of aromatic nitrogens is 1. The first-order valence-corrected chi connectivity index (χ1v) is 15.2. The summed E-state index contributed by atoms with van der Waals surface area (Å²) in [6.07, 6.45) is 3.86. The molecule has 0 radical (unpaired) electrons. The van der Waals surface area contributed by atoms with Crippen molar-refractivity contribution in [2.24, 2.45) is 4.99 Å². The third kappa shape index (κ3) is 6.18. The lowest BCUT2D eigenvalue weighted by atomic mass is 10.0. The average Bonchev–Trinajstić information content (AvgIpc) is 3.28. The highest BCUT2D eigenvalue weighted by Gasteiger charge is 2.28. The lowest BCUT2D eigenvalue weighted by Gasteiger charge is -2.26. The Kier molecular flexibility index (Phi) is 8.63. The predicted molar refractivity (Wildman–Crippen MR) is 158 cm³/mol. The van der Waals surface area contributed by atoms with Gasteiger partial charge in [-0.2, -0.15) is 0 Å². The number of aliphatic imine (C=N–C) groups is 1. The largest absolute Gasteiger partial charge is 0.494 e. The summed E-state index contributed by atoms with van der Waals surface area (Å²) in [7, 11) is -3.52. The molecular weight excluding hydrogens is 509 g/mol. The number of aromatic amines is 1. The molecule has 1 saturated heterocycles. The van der Waals surface area contributed by atoms with E-state index in [1.165, 1.54) is 24.8 Å². The second kappa shape index (κ2) is 12.3. The van der Waals surface area contributed by atoms with Gasteiger partial charge in [-0.05, 0) is 75.7 Å². The fourth-order valence-electron chi connectivity index (χ4n) is 5.14. The second-order valence-electron chi connectivity index (χ2n) is 9.74. The van der Waals surface area contributed by atoms with Gasteiger partial charge in [0.2, 0.25) is 0 Å². The predicted octanol–water partition coefficient (Wildman–Crippen LogP) is 6.92. The highest BCUT2D eigenvalue weighted by atomic mass is 31.2. The molecule has 2 N–H and O–H groups in total. The van der Waals surface area contributed by atoms with Crippen LogP contribution in [0, 0.1) is 0 Å². The van der Waals surface area contributed by atoms with Crippen molar-refractivity contribution < 1.29 is 18.7 Å². The molecule has 4 aromatic rings. The number of nitrogens with one attached hydrogen (secondary N) is 1. The zero-order valence-corrected chi connectivity index (χ0v) is 23.5. The number of hydrogen-bond acceptors (Lipinski definition) is 6. The Hall–Kier alpha value is -3.22. The number of H-pyrrole nitrogens is 1. The van der Waals surface area contributed by atoms with Crippen molar-refractivity contribution in [3.8, 4) is 5.88 Å². The van der Waals surface area contributed by atoms with Crippen LogP contribution >= 0.6 is 7.60 Å². The maximum absolute atomic E-state index is 13.5. The molecule has 0 unspecified atom stereocenters. The molecule has 39 heavy (non-hydrogen) atoms. The van der Waals surface area contributed by atoms with E-state index in [0.29, 0.717) is 27.5 Å². The van der Waals surface area contributed by atoms with Gasteiger partial charge in [-0.3, -0.25) is 9.46 Å². The van der Waals surface area contributed by atoms with E-state index in [1.54, 1.807) is 32.0 Å². The number of fused-ring (bicyclic) bond motifs is 1. The number of aromatic hydroxyl groups is 1. The highest BCUT2D eigenvalue weighted by molar-refractivity contribution is 7.62. The summed E-state index contributed by atoms with van der Waals surface area (Å²) < 4.78 is 24.7. The van der Waals surface area contributed by atoms with Gasteiger partial charge in [0.25, 0.3) is 0 Å². The van der Waals surface area contributed by atoms with Crippen molar-refractivity contribution in [1.82, 2.24) is 9.88 Å². The van der Waals surface area contributed by atoms with Crippen molar-refractivity contribution in [2.75, 3.05) is 26.3 Å². The molecule has 1 aliphatic rings. The number of benzene rings is 3. The molecular formula is C31H36N3O4P. The van der Waals surface area contributed by atoms with Crippen LogP contribution < -0.4 is 5.30 Å². The van der Waals surface area contributed by atoms with Gasteiger partial charge < -0.3 is 19.1 Å². The van der Waals surface area contributed by atoms with Crippen molar-refractivity contribution >= 4 is 35.2 Å². The number of piperidine rings is 1. The molecule has 0 amide bonds. The minimum Gasteiger partial charge on any atom is -0.494 e. The summed E-state index contributed by atoms with van der Waals surface area (Å²) in [5, 5.41) is 12.2. The minimum absolute atomic E-state index is 0.00544. The molecule has 2 heterocycles. The molecule has 8 heteroatoms. The van der Waals surface area contributed by atoms with Crippen molar-refractivity contribution in [3.63, 3.8) is 0 Å². The van der Waals surface area contributed by atoms with Gasteiger partial charge in [-0.1, -0.05) is 48.9 Å². The molecule has 1 aliphatic heterocycles. The molecule has 1 aromatic heterocycles. The Morgan fingerprint density at radius 2 is 1.64 bits per heavy atom. The van der Waals surface area contributed by atoms with E-state index in [2.05, 4.69) is 22.0 Å². The van der Waals surface area contributed by atoms with Gasteiger partial charge in [0.1, 0.15) is 0 Å². The van der Waals surface area contributed by atoms with Crippen LogP contribution in [0.3, 0.4) is 0 Å². The highest BCUT2D eigenvalue weighted by Crippen LogP contribution is 2.47. The smallest absolute Gasteiger partial charge is 0.361 e. The van der Waals surface area contributed by atoms with Gasteiger partial charge in [-0.25, -0.2) is 4.99 Å². The summed E-state index contributed by atoms with van der Waals surface area (Å²) in [5.41, 5.74) is 4.76. The number of rotatable bonds is 10. The number of nitrogens with zero attached hydrogens (tertiary/aromatic N) is 2. The van der Waals surface area contributed by atoms with E-state index < -0.39 is 7.60 Å². The van der Waals surface area contributed by atoms with Gasteiger partial charge in [-0.15, -0.1) is 0 Å². The second-order valence-corrected chi connectivity index (χ2v) is 11.8. The molecule has 0 atom stereocenters. The third-order valence-corrected chi connectivity index (χ3v) is 9.10. The van der Waals surface area contributed by atoms with Gasteiger partial charge in [0.05, 0.1) is 35.5 Å². The SMILES string of the molecule is CCOP(=O)(OCC)c1ccc2[nH]c(O)c(C(=Nc3ccc(CN4CCCCC4)cc3)c3ccccc3)c2c1. The summed E-state index contributed by atoms with van der Waals surface area (Å²) in [6.45, 7) is 7.33. The zero-order valence-electron chi connectivity index (χ0n) is 22.6. The van der Waals surface area contributed by atoms with Crippen LogP contribution in [0.15, 0.2) is 77.8 Å².